The number of benzene rings is 2. The highest BCUT2D eigenvalue weighted by molar-refractivity contribution is 6.42. The maximum Gasteiger partial charge on any atom is 0.254 e. The molecule has 0 aliphatic carbocycles. The van der Waals surface area contributed by atoms with Gasteiger partial charge in [-0.2, -0.15) is 0 Å². The lowest BCUT2D eigenvalue weighted by atomic mass is 10.1. The first-order valence-corrected chi connectivity index (χ1v) is 9.00. The van der Waals surface area contributed by atoms with E-state index in [2.05, 4.69) is 4.90 Å². The Labute approximate surface area is 163 Å². The fourth-order valence-corrected chi connectivity index (χ4v) is 3.31. The van der Waals surface area contributed by atoms with Gasteiger partial charge in [-0.1, -0.05) is 23.2 Å². The summed E-state index contributed by atoms with van der Waals surface area (Å²) in [6.07, 6.45) is 0. The molecular weight excluding hydrogens is 375 g/mol. The largest absolute Gasteiger partial charge is 0.497 e. The van der Waals surface area contributed by atoms with Crippen LogP contribution in [0.4, 0.5) is 5.69 Å². The van der Waals surface area contributed by atoms with Crippen molar-refractivity contribution in [1.82, 2.24) is 4.90 Å². The van der Waals surface area contributed by atoms with Gasteiger partial charge < -0.3 is 19.3 Å². The maximum atomic E-state index is 12.7. The fourth-order valence-electron chi connectivity index (χ4n) is 3.01. The van der Waals surface area contributed by atoms with E-state index in [0.29, 0.717) is 28.7 Å². The minimum Gasteiger partial charge on any atom is -0.497 e. The van der Waals surface area contributed by atoms with Gasteiger partial charge in [-0.3, -0.25) is 4.79 Å². The number of nitrogens with zero attached hydrogens (tertiary/aromatic N) is 2. The van der Waals surface area contributed by atoms with Gasteiger partial charge in [0.2, 0.25) is 0 Å². The number of piperazine rings is 1. The van der Waals surface area contributed by atoms with E-state index in [4.69, 9.17) is 32.7 Å². The smallest absolute Gasteiger partial charge is 0.254 e. The average molecular weight is 395 g/mol. The van der Waals surface area contributed by atoms with Crippen molar-refractivity contribution in [3.05, 3.63) is 52.0 Å². The summed E-state index contributed by atoms with van der Waals surface area (Å²) >= 11 is 11.9. The molecular formula is C19H20Cl2N2O3. The molecule has 7 heteroatoms. The second-order valence-corrected chi connectivity index (χ2v) is 6.76. The van der Waals surface area contributed by atoms with Crippen molar-refractivity contribution in [2.24, 2.45) is 0 Å². The van der Waals surface area contributed by atoms with Crippen molar-refractivity contribution in [3.63, 3.8) is 0 Å². The third-order valence-electron chi connectivity index (χ3n) is 4.46. The number of ether oxygens (including phenoxy) is 2. The molecule has 0 spiro atoms. The summed E-state index contributed by atoms with van der Waals surface area (Å²) in [4.78, 5) is 16.7. The summed E-state index contributed by atoms with van der Waals surface area (Å²) in [5, 5.41) is 0.832. The normalized spacial score (nSPS) is 14.3. The summed E-state index contributed by atoms with van der Waals surface area (Å²) in [7, 11) is 3.27. The van der Waals surface area contributed by atoms with Gasteiger partial charge in [0, 0.05) is 37.8 Å². The second-order valence-electron chi connectivity index (χ2n) is 5.95. The molecule has 1 heterocycles. The Morgan fingerprint density at radius 3 is 2.27 bits per heavy atom. The molecule has 0 aromatic heterocycles. The number of anilines is 1. The summed E-state index contributed by atoms with van der Waals surface area (Å²) in [6.45, 7) is 2.67. The van der Waals surface area contributed by atoms with Crippen LogP contribution in [0.2, 0.25) is 10.0 Å². The van der Waals surface area contributed by atoms with E-state index >= 15 is 0 Å². The van der Waals surface area contributed by atoms with E-state index in [0.717, 1.165) is 30.3 Å². The zero-order chi connectivity index (χ0) is 18.7. The number of hydrogen-bond acceptors (Lipinski definition) is 4. The SMILES string of the molecule is COc1ccc(N2CCN(C(=O)c3ccc(Cl)c(Cl)c3)CC2)c(OC)c1. The molecule has 5 nitrogen and oxygen atoms in total. The van der Waals surface area contributed by atoms with Crippen molar-refractivity contribution in [2.45, 2.75) is 0 Å². The highest BCUT2D eigenvalue weighted by Crippen LogP contribution is 2.33. The standard InChI is InChI=1S/C19H20Cl2N2O3/c1-25-14-4-6-17(18(12-14)26-2)22-7-9-23(10-8-22)19(24)13-3-5-15(20)16(21)11-13/h3-6,11-12H,7-10H2,1-2H3. The van der Waals surface area contributed by atoms with Crippen LogP contribution in [0.1, 0.15) is 10.4 Å². The molecule has 1 saturated heterocycles. The number of carbonyl (C=O) groups excluding carboxylic acids is 1. The molecule has 1 aliphatic heterocycles. The highest BCUT2D eigenvalue weighted by Gasteiger charge is 2.24. The van der Waals surface area contributed by atoms with Crippen LogP contribution in [-0.4, -0.2) is 51.2 Å². The molecule has 0 N–H and O–H groups in total. The van der Waals surface area contributed by atoms with Crippen LogP contribution in [0.3, 0.4) is 0 Å². The molecule has 1 fully saturated rings. The lowest BCUT2D eigenvalue weighted by Crippen LogP contribution is -2.48. The van der Waals surface area contributed by atoms with Gasteiger partial charge >= 0.3 is 0 Å². The van der Waals surface area contributed by atoms with E-state index in [1.54, 1.807) is 32.4 Å². The molecule has 2 aromatic rings. The van der Waals surface area contributed by atoms with Gasteiger partial charge in [0.1, 0.15) is 11.5 Å². The van der Waals surface area contributed by atoms with E-state index in [9.17, 15) is 4.79 Å². The maximum absolute atomic E-state index is 12.7. The van der Waals surface area contributed by atoms with Gasteiger partial charge in [0.15, 0.2) is 0 Å². The number of methoxy groups -OCH3 is 2. The molecule has 0 radical (unpaired) electrons. The van der Waals surface area contributed by atoms with Crippen LogP contribution in [0.15, 0.2) is 36.4 Å². The predicted octanol–water partition coefficient (Wildman–Crippen LogP) is 3.97. The van der Waals surface area contributed by atoms with Crippen LogP contribution >= 0.6 is 23.2 Å². The van der Waals surface area contributed by atoms with Crippen molar-refractivity contribution in [1.29, 1.82) is 0 Å². The Morgan fingerprint density at radius 2 is 1.65 bits per heavy atom. The Morgan fingerprint density at radius 1 is 0.923 bits per heavy atom. The third kappa shape index (κ3) is 3.84. The van der Waals surface area contributed by atoms with Gasteiger partial charge in [-0.15, -0.1) is 0 Å². The third-order valence-corrected chi connectivity index (χ3v) is 5.20. The summed E-state index contributed by atoms with van der Waals surface area (Å²) in [5.74, 6) is 1.47. The number of halogens is 2. The summed E-state index contributed by atoms with van der Waals surface area (Å²) < 4.78 is 10.7. The number of carbonyl (C=O) groups is 1. The minimum atomic E-state index is -0.0371. The quantitative estimate of drug-likeness (QED) is 0.786. The van der Waals surface area contributed by atoms with Crippen molar-refractivity contribution in [2.75, 3.05) is 45.3 Å². The molecule has 138 valence electrons. The monoisotopic (exact) mass is 394 g/mol. The van der Waals surface area contributed by atoms with Crippen molar-refractivity contribution in [3.8, 4) is 11.5 Å². The van der Waals surface area contributed by atoms with Crippen LogP contribution in [-0.2, 0) is 0 Å². The summed E-state index contributed by atoms with van der Waals surface area (Å²) in [5.41, 5.74) is 1.55. The van der Waals surface area contributed by atoms with Gasteiger partial charge in [-0.05, 0) is 30.3 Å². The molecule has 0 unspecified atom stereocenters. The Bertz CT molecular complexity index is 805. The highest BCUT2D eigenvalue weighted by atomic mass is 35.5. The molecule has 0 atom stereocenters. The van der Waals surface area contributed by atoms with Gasteiger partial charge in [-0.25, -0.2) is 0 Å². The topological polar surface area (TPSA) is 42.0 Å². The molecule has 0 bridgehead atoms. The van der Waals surface area contributed by atoms with Crippen LogP contribution < -0.4 is 14.4 Å². The molecule has 2 aromatic carbocycles. The summed E-state index contributed by atoms with van der Waals surface area (Å²) in [6, 6.07) is 10.7. The predicted molar refractivity (Wildman–Crippen MR) is 104 cm³/mol. The number of amides is 1. The molecule has 1 aliphatic rings. The zero-order valence-electron chi connectivity index (χ0n) is 14.7. The number of rotatable bonds is 4. The molecule has 3 rings (SSSR count). The average Bonchev–Trinajstić information content (AvgIpc) is 2.69. The van der Waals surface area contributed by atoms with Crippen molar-refractivity contribution < 1.29 is 14.3 Å². The lowest BCUT2D eigenvalue weighted by Gasteiger charge is -2.36. The first-order valence-electron chi connectivity index (χ1n) is 8.25. The number of hydrogen-bond donors (Lipinski definition) is 0. The van der Waals surface area contributed by atoms with Crippen LogP contribution in [0.5, 0.6) is 11.5 Å². The Hall–Kier alpha value is -2.11. The van der Waals surface area contributed by atoms with E-state index in [-0.39, 0.29) is 5.91 Å². The zero-order valence-corrected chi connectivity index (χ0v) is 16.2. The van der Waals surface area contributed by atoms with Crippen LogP contribution in [0, 0.1) is 0 Å². The van der Waals surface area contributed by atoms with E-state index in [1.807, 2.05) is 23.1 Å². The second kappa shape index (κ2) is 8.06. The first kappa shape index (κ1) is 18.7. The van der Waals surface area contributed by atoms with Crippen LogP contribution in [0.25, 0.3) is 0 Å². The Kier molecular flexibility index (Phi) is 5.79. The molecule has 0 saturated carbocycles. The Balaban J connectivity index is 1.69. The molecule has 1 amide bonds. The lowest BCUT2D eigenvalue weighted by molar-refractivity contribution is 0.0746. The molecule has 26 heavy (non-hydrogen) atoms. The van der Waals surface area contributed by atoms with E-state index in [1.165, 1.54) is 0 Å². The van der Waals surface area contributed by atoms with Gasteiger partial charge in [0.25, 0.3) is 5.91 Å². The first-order chi connectivity index (χ1) is 12.5. The van der Waals surface area contributed by atoms with Crippen molar-refractivity contribution >= 4 is 34.8 Å². The van der Waals surface area contributed by atoms with Gasteiger partial charge in [0.05, 0.1) is 30.0 Å². The van der Waals surface area contributed by atoms with E-state index < -0.39 is 0 Å². The fraction of sp³-hybridized carbons (Fsp3) is 0.316. The minimum absolute atomic E-state index is 0.0371.